The smallest absolute Gasteiger partial charge is 0.280 e. The Bertz CT molecular complexity index is 1200. The van der Waals surface area contributed by atoms with Crippen molar-refractivity contribution in [2.45, 2.75) is 45.1 Å². The van der Waals surface area contributed by atoms with Crippen molar-refractivity contribution in [3.8, 4) is 0 Å². The Hall–Kier alpha value is -2.25. The number of nitrogens with zero attached hydrogens (tertiary/aromatic N) is 2. The van der Waals surface area contributed by atoms with E-state index in [1.807, 2.05) is 11.5 Å². The van der Waals surface area contributed by atoms with Gasteiger partial charge in [-0.25, -0.2) is 8.42 Å². The molecule has 0 spiro atoms. The minimum Gasteiger partial charge on any atom is -0.317 e. The highest BCUT2D eigenvalue weighted by atomic mass is 32.2. The molecular weight excluding hydrogens is 392 g/mol. The molecule has 0 N–H and O–H groups in total. The summed E-state index contributed by atoms with van der Waals surface area (Å²) in [6.07, 6.45) is 0. The van der Waals surface area contributed by atoms with Gasteiger partial charge in [0.25, 0.3) is 5.91 Å². The molecule has 28 heavy (non-hydrogen) atoms. The van der Waals surface area contributed by atoms with Gasteiger partial charge >= 0.3 is 0 Å². The lowest BCUT2D eigenvalue weighted by molar-refractivity contribution is 0.0994. The lowest BCUT2D eigenvalue weighted by Gasteiger charge is -2.06. The number of sulfone groups is 1. The maximum atomic E-state index is 12.9. The van der Waals surface area contributed by atoms with E-state index in [1.165, 1.54) is 29.0 Å². The van der Waals surface area contributed by atoms with E-state index in [9.17, 15) is 13.2 Å². The van der Waals surface area contributed by atoms with E-state index in [0.29, 0.717) is 17.3 Å². The van der Waals surface area contributed by atoms with Crippen molar-refractivity contribution in [2.24, 2.45) is 4.99 Å². The number of aryl methyl sites for hydroxylation is 1. The summed E-state index contributed by atoms with van der Waals surface area (Å²) in [5.74, 6) is -0.187. The second-order valence-corrected chi connectivity index (χ2v) is 10.1. The highest BCUT2D eigenvalue weighted by Gasteiger charge is 2.20. The zero-order valence-electron chi connectivity index (χ0n) is 16.5. The van der Waals surface area contributed by atoms with Crippen LogP contribution < -0.4 is 4.80 Å². The van der Waals surface area contributed by atoms with Crippen molar-refractivity contribution in [1.29, 1.82) is 0 Å². The van der Waals surface area contributed by atoms with Crippen LogP contribution in [0.5, 0.6) is 0 Å². The van der Waals surface area contributed by atoms with Crippen molar-refractivity contribution in [3.63, 3.8) is 0 Å². The molecule has 2 aromatic carbocycles. The molecule has 1 heterocycles. The Morgan fingerprint density at radius 1 is 1.14 bits per heavy atom. The third kappa shape index (κ3) is 3.82. The molecule has 0 aliphatic rings. The zero-order chi connectivity index (χ0) is 20.5. The van der Waals surface area contributed by atoms with E-state index in [-0.39, 0.29) is 16.2 Å². The average molecular weight is 417 g/mol. The highest BCUT2D eigenvalue weighted by Crippen LogP contribution is 2.24. The molecule has 0 aliphatic heterocycles. The summed E-state index contributed by atoms with van der Waals surface area (Å²) in [5, 5.41) is 0. The molecule has 148 valence electrons. The van der Waals surface area contributed by atoms with Crippen LogP contribution in [0.3, 0.4) is 0 Å². The third-order valence-electron chi connectivity index (χ3n) is 4.72. The number of thiazole rings is 1. The molecule has 3 aromatic rings. The number of carbonyl (C=O) groups excluding carboxylic acids is 1. The number of benzene rings is 2. The van der Waals surface area contributed by atoms with Crippen molar-refractivity contribution in [2.75, 3.05) is 5.75 Å². The van der Waals surface area contributed by atoms with Crippen molar-refractivity contribution in [3.05, 3.63) is 58.4 Å². The van der Waals surface area contributed by atoms with Crippen LogP contribution in [-0.2, 0) is 16.4 Å². The molecule has 0 fully saturated rings. The number of aromatic nitrogens is 1. The average Bonchev–Trinajstić information content (AvgIpc) is 3.03. The number of fused-ring (bicyclic) bond motifs is 1. The maximum absolute atomic E-state index is 12.9. The second kappa shape index (κ2) is 8.01. The maximum Gasteiger partial charge on any atom is 0.280 e. The molecule has 0 saturated carbocycles. The summed E-state index contributed by atoms with van der Waals surface area (Å²) in [6.45, 7) is 8.52. The van der Waals surface area contributed by atoms with Crippen molar-refractivity contribution >= 4 is 37.3 Å². The van der Waals surface area contributed by atoms with Gasteiger partial charge in [-0.3, -0.25) is 4.79 Å². The standard InChI is InChI=1S/C21H24N2O3S2/c1-5-23-17-12-11-15(14(3)4)13-18(17)27-21(23)22-20(24)16-9-7-8-10-19(16)28(25,26)6-2/h7-14H,5-6H2,1-4H3. The summed E-state index contributed by atoms with van der Waals surface area (Å²) < 4.78 is 27.7. The van der Waals surface area contributed by atoms with Gasteiger partial charge in [0.1, 0.15) is 0 Å². The van der Waals surface area contributed by atoms with Crippen LogP contribution in [0.15, 0.2) is 52.4 Å². The van der Waals surface area contributed by atoms with Crippen LogP contribution in [-0.4, -0.2) is 24.6 Å². The Morgan fingerprint density at radius 3 is 2.50 bits per heavy atom. The molecule has 7 heteroatoms. The van der Waals surface area contributed by atoms with Gasteiger partial charge in [-0.2, -0.15) is 4.99 Å². The monoisotopic (exact) mass is 416 g/mol. The molecule has 1 aromatic heterocycles. The van der Waals surface area contributed by atoms with Crippen LogP contribution in [0.2, 0.25) is 0 Å². The first-order valence-corrected chi connectivity index (χ1v) is 11.8. The van der Waals surface area contributed by atoms with Gasteiger partial charge in [-0.1, -0.05) is 50.3 Å². The molecule has 0 unspecified atom stereocenters. The second-order valence-electron chi connectivity index (χ2n) is 6.83. The van der Waals surface area contributed by atoms with Gasteiger partial charge in [0.15, 0.2) is 14.6 Å². The third-order valence-corrected chi connectivity index (χ3v) is 7.55. The van der Waals surface area contributed by atoms with Crippen LogP contribution in [0.25, 0.3) is 10.2 Å². The lowest BCUT2D eigenvalue weighted by Crippen LogP contribution is -2.17. The quantitative estimate of drug-likeness (QED) is 0.620. The largest absolute Gasteiger partial charge is 0.317 e. The first-order valence-electron chi connectivity index (χ1n) is 9.32. The lowest BCUT2D eigenvalue weighted by atomic mass is 10.0. The number of rotatable bonds is 5. The normalized spacial score (nSPS) is 12.8. The molecule has 1 amide bonds. The molecule has 0 atom stereocenters. The summed E-state index contributed by atoms with van der Waals surface area (Å²) in [6, 6.07) is 12.6. The highest BCUT2D eigenvalue weighted by molar-refractivity contribution is 7.91. The van der Waals surface area contributed by atoms with Gasteiger partial charge < -0.3 is 4.57 Å². The van der Waals surface area contributed by atoms with Crippen LogP contribution in [0.4, 0.5) is 0 Å². The number of carbonyl (C=O) groups is 1. The van der Waals surface area contributed by atoms with Gasteiger partial charge in [0, 0.05) is 6.54 Å². The fourth-order valence-corrected chi connectivity index (χ4v) is 5.28. The number of hydrogen-bond donors (Lipinski definition) is 0. The predicted molar refractivity (Wildman–Crippen MR) is 114 cm³/mol. The van der Waals surface area contributed by atoms with Crippen molar-refractivity contribution < 1.29 is 13.2 Å². The molecular formula is C21H24N2O3S2. The van der Waals surface area contributed by atoms with Crippen LogP contribution in [0.1, 0.15) is 49.5 Å². The summed E-state index contributed by atoms with van der Waals surface area (Å²) in [5.41, 5.74) is 2.37. The van der Waals surface area contributed by atoms with Gasteiger partial charge in [-0.15, -0.1) is 0 Å². The molecule has 0 bridgehead atoms. The Balaban J connectivity index is 2.17. The Kier molecular flexibility index (Phi) is 5.86. The Morgan fingerprint density at radius 2 is 1.86 bits per heavy atom. The fraction of sp³-hybridized carbons (Fsp3) is 0.333. The zero-order valence-corrected chi connectivity index (χ0v) is 18.1. The van der Waals surface area contributed by atoms with Gasteiger partial charge in [0.2, 0.25) is 0 Å². The van der Waals surface area contributed by atoms with E-state index in [2.05, 4.69) is 37.0 Å². The molecule has 5 nitrogen and oxygen atoms in total. The first-order chi connectivity index (χ1) is 13.3. The van der Waals surface area contributed by atoms with Crippen LogP contribution in [0, 0.1) is 0 Å². The van der Waals surface area contributed by atoms with Gasteiger partial charge in [-0.05, 0) is 42.7 Å². The molecule has 0 aliphatic carbocycles. The molecule has 0 radical (unpaired) electrons. The fourth-order valence-electron chi connectivity index (χ4n) is 3.06. The van der Waals surface area contributed by atoms with Crippen molar-refractivity contribution in [1.82, 2.24) is 4.57 Å². The molecule has 3 rings (SSSR count). The minimum atomic E-state index is -3.51. The van der Waals surface area contributed by atoms with Gasteiger partial charge in [0.05, 0.1) is 26.4 Å². The number of hydrogen-bond acceptors (Lipinski definition) is 4. The summed E-state index contributed by atoms with van der Waals surface area (Å²) >= 11 is 1.45. The van der Waals surface area contributed by atoms with Crippen LogP contribution >= 0.6 is 11.3 Å². The van der Waals surface area contributed by atoms with E-state index < -0.39 is 15.7 Å². The van der Waals surface area contributed by atoms with E-state index in [0.717, 1.165) is 10.2 Å². The van der Waals surface area contributed by atoms with E-state index >= 15 is 0 Å². The SMILES string of the molecule is CCn1c(=NC(=O)c2ccccc2S(=O)(=O)CC)sc2cc(C(C)C)ccc21. The summed E-state index contributed by atoms with van der Waals surface area (Å²) in [4.78, 5) is 17.8. The summed E-state index contributed by atoms with van der Waals surface area (Å²) in [7, 11) is -3.51. The first kappa shape index (κ1) is 20.5. The Labute approximate surface area is 169 Å². The van der Waals surface area contributed by atoms with E-state index in [1.54, 1.807) is 19.1 Å². The van der Waals surface area contributed by atoms with E-state index in [4.69, 9.17) is 0 Å². The minimum absolute atomic E-state index is 0.0394. The topological polar surface area (TPSA) is 68.5 Å². The predicted octanol–water partition coefficient (Wildman–Crippen LogP) is 4.38. The number of amides is 1. The molecule has 0 saturated heterocycles.